The average molecular weight is 1570 g/mol. The highest BCUT2D eigenvalue weighted by atomic mass is 16.8. The topological polar surface area (TPSA) is 375 Å². The minimum atomic E-state index is -1.66. The van der Waals surface area contributed by atoms with Crippen LogP contribution in [0.25, 0.3) is 0 Å². The van der Waals surface area contributed by atoms with Crippen molar-refractivity contribution in [2.45, 2.75) is 175 Å². The number of esters is 6. The molecule has 0 spiro atoms. The van der Waals surface area contributed by atoms with Crippen molar-refractivity contribution in [1.82, 2.24) is 14.7 Å². The molecule has 4 amide bonds. The summed E-state index contributed by atoms with van der Waals surface area (Å²) in [5.74, 6) is -5.80. The number of aliphatic hydroxyl groups is 2. The summed E-state index contributed by atoms with van der Waals surface area (Å²) in [6.45, 7) is 18.0. The number of ether oxygens (including phenoxy) is 16. The Balaban J connectivity index is 0.809. The van der Waals surface area contributed by atoms with Crippen LogP contribution in [0.5, 0.6) is 34.5 Å². The number of hydrogen-bond acceptors (Lipinski definition) is 29. The molecule has 0 saturated carbocycles. The zero-order chi connectivity index (χ0) is 81.5. The molecule has 4 fully saturated rings. The molecule has 6 aliphatic heterocycles. The van der Waals surface area contributed by atoms with Gasteiger partial charge in [0.15, 0.2) is 41.6 Å². The van der Waals surface area contributed by atoms with Crippen LogP contribution in [-0.4, -0.2) is 207 Å². The lowest BCUT2D eigenvalue weighted by Gasteiger charge is -2.43. The summed E-state index contributed by atoms with van der Waals surface area (Å²) in [5, 5.41) is 24.5. The molecule has 0 aliphatic carbocycles. The summed E-state index contributed by atoms with van der Waals surface area (Å²) in [6, 6.07) is 22.0. The van der Waals surface area contributed by atoms with E-state index in [2.05, 4.69) is 13.2 Å². The van der Waals surface area contributed by atoms with Gasteiger partial charge in [0.1, 0.15) is 56.7 Å². The maximum atomic E-state index is 14.7. The fourth-order valence-electron chi connectivity index (χ4n) is 14.4. The Labute approximate surface area is 650 Å². The van der Waals surface area contributed by atoms with E-state index in [0.29, 0.717) is 39.9 Å². The number of rotatable bonds is 25. The van der Waals surface area contributed by atoms with E-state index in [9.17, 15) is 58.2 Å². The van der Waals surface area contributed by atoms with Crippen LogP contribution in [0.2, 0.25) is 0 Å². The number of fused-ring (bicyclic) bond motifs is 4. The van der Waals surface area contributed by atoms with E-state index in [1.165, 1.54) is 88.1 Å². The van der Waals surface area contributed by atoms with Crippen molar-refractivity contribution >= 4 is 71.2 Å². The number of aliphatic hydroxyl groups excluding tert-OH is 2. The Morgan fingerprint density at radius 1 is 0.469 bits per heavy atom. The summed E-state index contributed by atoms with van der Waals surface area (Å²) in [4.78, 5) is 138. The van der Waals surface area contributed by atoms with Crippen LogP contribution in [0.15, 0.2) is 115 Å². The van der Waals surface area contributed by atoms with E-state index in [0.717, 1.165) is 29.2 Å². The van der Waals surface area contributed by atoms with Gasteiger partial charge in [-0.2, -0.15) is 0 Å². The SMILES string of the molecule is C=C1C[C@H]2C(O)N(C(=O)OCc3ccc(OC4O[C@H](OC(C)=O)[C@H](OC(C)=O)[C@@H](OC(C)=O)[C@H]4C)cc3)c3cc(OCc4cc(COc5cc6c(cc5OC)C(=O)N5CC(=C)C[C@H]5C(O)N6C(=O)OCc5ccc(OC6O[C@H](COC(C)=O)[C@H](C)[C@H](OC(C)=O)[C@H]6OC(C)=O)cc5)cc(CN(C)C)c4)c(OC)cc3C(=O)N2C1. The lowest BCUT2D eigenvalue weighted by atomic mass is 9.90. The van der Waals surface area contributed by atoms with E-state index >= 15 is 0 Å². The third-order valence-electron chi connectivity index (χ3n) is 19.5. The van der Waals surface area contributed by atoms with Gasteiger partial charge in [0, 0.05) is 79.2 Å². The average Bonchev–Trinajstić information content (AvgIpc) is 1.60. The largest absolute Gasteiger partial charge is 0.493 e. The monoisotopic (exact) mass is 1570 g/mol. The van der Waals surface area contributed by atoms with Crippen molar-refractivity contribution < 1.29 is 134 Å². The highest BCUT2D eigenvalue weighted by Crippen LogP contribution is 2.46. The van der Waals surface area contributed by atoms with Gasteiger partial charge in [0.2, 0.25) is 31.1 Å². The molecule has 4 unspecified atom stereocenters. The molecule has 113 heavy (non-hydrogen) atoms. The quantitative estimate of drug-likeness (QED) is 0.0321. The Kier molecular flexibility index (Phi) is 25.9. The van der Waals surface area contributed by atoms with E-state index in [-0.39, 0.29) is 116 Å². The number of amides is 4. The van der Waals surface area contributed by atoms with Crippen LogP contribution in [0.4, 0.5) is 21.0 Å². The summed E-state index contributed by atoms with van der Waals surface area (Å²) in [6.07, 6.45) is -14.7. The molecule has 4 saturated heterocycles. The number of nitrogens with zero attached hydrogens (tertiary/aromatic N) is 5. The third kappa shape index (κ3) is 19.2. The predicted octanol–water partition coefficient (Wildman–Crippen LogP) is 7.71. The minimum Gasteiger partial charge on any atom is -0.493 e. The molecule has 33 heteroatoms. The van der Waals surface area contributed by atoms with Gasteiger partial charge in [-0.15, -0.1) is 0 Å². The second-order valence-corrected chi connectivity index (χ2v) is 28.5. The smallest absolute Gasteiger partial charge is 0.416 e. The van der Waals surface area contributed by atoms with E-state index in [1.54, 1.807) is 50.2 Å². The van der Waals surface area contributed by atoms with E-state index < -0.39 is 146 Å². The molecule has 0 radical (unpaired) electrons. The first-order chi connectivity index (χ1) is 53.7. The van der Waals surface area contributed by atoms with Crippen LogP contribution in [0.3, 0.4) is 0 Å². The molecule has 2 N–H and O–H groups in total. The lowest BCUT2D eigenvalue weighted by Crippen LogP contribution is -2.59. The maximum Gasteiger partial charge on any atom is 0.416 e. The number of hydrogen-bond donors (Lipinski definition) is 2. The fraction of sp³-hybridized carbons (Fsp3) is 0.450. The van der Waals surface area contributed by atoms with Crippen LogP contribution < -0.4 is 38.2 Å². The first kappa shape index (κ1) is 82.4. The van der Waals surface area contributed by atoms with Crippen LogP contribution in [0.1, 0.15) is 117 Å². The maximum absolute atomic E-state index is 14.7. The summed E-state index contributed by atoms with van der Waals surface area (Å²) < 4.78 is 93.8. The van der Waals surface area contributed by atoms with Gasteiger partial charge in [-0.25, -0.2) is 19.4 Å². The molecular formula is C80H91N5O28. The van der Waals surface area contributed by atoms with Gasteiger partial charge in [0.05, 0.1) is 54.7 Å². The number of carbonyl (C=O) groups is 10. The molecule has 11 rings (SSSR count). The van der Waals surface area contributed by atoms with Gasteiger partial charge < -0.3 is 96.0 Å². The van der Waals surface area contributed by atoms with E-state index in [1.807, 2.05) is 37.2 Å². The zero-order valence-corrected chi connectivity index (χ0v) is 64.5. The summed E-state index contributed by atoms with van der Waals surface area (Å²) in [7, 11) is 6.55. The zero-order valence-electron chi connectivity index (χ0n) is 64.5. The van der Waals surface area contributed by atoms with Gasteiger partial charge in [0.25, 0.3) is 11.8 Å². The molecule has 6 heterocycles. The van der Waals surface area contributed by atoms with Crippen molar-refractivity contribution in [2.24, 2.45) is 11.8 Å². The summed E-state index contributed by atoms with van der Waals surface area (Å²) >= 11 is 0. The fourth-order valence-corrected chi connectivity index (χ4v) is 14.4. The second-order valence-electron chi connectivity index (χ2n) is 28.5. The Hall–Kier alpha value is -11.5. The van der Waals surface area contributed by atoms with Crippen molar-refractivity contribution in [2.75, 3.05) is 57.8 Å². The molecule has 5 aromatic carbocycles. The molecule has 604 valence electrons. The lowest BCUT2D eigenvalue weighted by molar-refractivity contribution is -0.314. The van der Waals surface area contributed by atoms with Crippen molar-refractivity contribution in [3.8, 4) is 34.5 Å². The first-order valence-electron chi connectivity index (χ1n) is 36.3. The Morgan fingerprint density at radius 3 is 1.29 bits per heavy atom. The highest BCUT2D eigenvalue weighted by molar-refractivity contribution is 6.07. The van der Waals surface area contributed by atoms with Gasteiger partial charge in [-0.05, 0) is 97.2 Å². The van der Waals surface area contributed by atoms with Gasteiger partial charge in [-0.1, -0.05) is 74.5 Å². The molecule has 33 nitrogen and oxygen atoms in total. The Bertz CT molecular complexity index is 4470. The molecule has 6 aliphatic rings. The minimum absolute atomic E-state index is 0.0107. The van der Waals surface area contributed by atoms with Gasteiger partial charge in [-0.3, -0.25) is 43.1 Å². The van der Waals surface area contributed by atoms with Crippen molar-refractivity contribution in [3.05, 3.63) is 154 Å². The van der Waals surface area contributed by atoms with Crippen LogP contribution in [0, 0.1) is 11.8 Å². The highest BCUT2D eigenvalue weighted by Gasteiger charge is 2.53. The molecular weight excluding hydrogens is 1480 g/mol. The molecule has 5 aromatic rings. The predicted molar refractivity (Wildman–Crippen MR) is 393 cm³/mol. The Morgan fingerprint density at radius 2 is 0.876 bits per heavy atom. The summed E-state index contributed by atoms with van der Waals surface area (Å²) in [5.41, 5.74) is 4.13. The number of anilines is 2. The van der Waals surface area contributed by atoms with Crippen LogP contribution >= 0.6 is 0 Å². The normalized spacial score (nSPS) is 24.4. The van der Waals surface area contributed by atoms with Crippen molar-refractivity contribution in [3.63, 3.8) is 0 Å². The van der Waals surface area contributed by atoms with Crippen LogP contribution in [-0.2, 0) is 109 Å². The third-order valence-corrected chi connectivity index (χ3v) is 19.5. The number of benzene rings is 5. The first-order valence-corrected chi connectivity index (χ1v) is 36.3. The second kappa shape index (κ2) is 35.5. The van der Waals surface area contributed by atoms with Crippen molar-refractivity contribution in [1.29, 1.82) is 0 Å². The van der Waals surface area contributed by atoms with Gasteiger partial charge >= 0.3 is 48.0 Å². The molecule has 14 atom stereocenters. The molecule has 0 bridgehead atoms. The van der Waals surface area contributed by atoms with E-state index in [4.69, 9.17) is 75.8 Å². The number of methoxy groups -OCH3 is 2. The molecule has 0 aromatic heterocycles. The standard InChI is InChI=1S/C80H91N5O28/c1-40-23-61-74(94)84(79(96)103-35-50-15-19-55(20-16-50)110-76-43(4)69(106-46(7)88)71(108-48(9)90)77(113-76)109-49(10)91)59-30-65(63(98-13)28-57(59)72(92)82(61)32-40)101-37-53-25-52(34-81(11)12)26-54(27-53)38-102-66-31-60-58(29-64(66)99-14)73(93)83-33-41(2)24-62(83)75(95)85(60)80(97)104-36-51-17-21-56(22-18-51)111-78-70(107-47(8)89)68(105-45(6)87)42(3)67(112-78)39-100-44(5)86/h15-22,25-31,42-43,61-62,67-71,74-78,94-95H,1-2,23-24,32-39H2,3-14H3/t42-,43+,61-,62-,67+,68-,69-,70+,71+,74?,75?,76?,77-,78?/m0/s1. The number of carbonyl (C=O) groups excluding carboxylic acids is 10.